The standard InChI is InChI=1S/C21H13F6N3O3S/c22-20(23,24)12-4-1-3-11(7-12)8-16(32)33-10-13-9-15(31)30-19(28-13)17(14-5-2-6-34-14)18(29-30)21(25,26)27/h1-7,9,28H,8,10H2. The predicted molar refractivity (Wildman–Crippen MR) is 109 cm³/mol. The summed E-state index contributed by atoms with van der Waals surface area (Å²) in [6, 6.07) is 8.06. The van der Waals surface area contributed by atoms with Gasteiger partial charge >= 0.3 is 18.3 Å². The highest BCUT2D eigenvalue weighted by molar-refractivity contribution is 7.13. The lowest BCUT2D eigenvalue weighted by molar-refractivity contribution is -0.144. The van der Waals surface area contributed by atoms with Crippen molar-refractivity contribution in [2.45, 2.75) is 25.4 Å². The fourth-order valence-electron chi connectivity index (χ4n) is 3.26. The van der Waals surface area contributed by atoms with E-state index in [0.29, 0.717) is 4.52 Å². The van der Waals surface area contributed by atoms with E-state index in [2.05, 4.69) is 10.1 Å². The molecule has 4 rings (SSSR count). The molecule has 0 saturated carbocycles. The van der Waals surface area contributed by atoms with Gasteiger partial charge in [0.05, 0.1) is 23.2 Å². The van der Waals surface area contributed by atoms with Crippen LogP contribution in [-0.2, 0) is 34.9 Å². The third-order valence-electron chi connectivity index (χ3n) is 4.70. The van der Waals surface area contributed by atoms with E-state index in [4.69, 9.17) is 4.74 Å². The average Bonchev–Trinajstić information content (AvgIpc) is 3.39. The minimum atomic E-state index is -4.83. The smallest absolute Gasteiger partial charge is 0.435 e. The molecule has 0 saturated heterocycles. The minimum Gasteiger partial charge on any atom is -0.459 e. The molecule has 34 heavy (non-hydrogen) atoms. The first-order chi connectivity index (χ1) is 15.9. The molecule has 0 radical (unpaired) electrons. The van der Waals surface area contributed by atoms with Crippen LogP contribution in [0.3, 0.4) is 0 Å². The Morgan fingerprint density at radius 3 is 2.47 bits per heavy atom. The largest absolute Gasteiger partial charge is 0.459 e. The normalized spacial score (nSPS) is 12.3. The summed E-state index contributed by atoms with van der Waals surface area (Å²) in [6.45, 7) is -0.514. The number of esters is 1. The summed E-state index contributed by atoms with van der Waals surface area (Å²) in [7, 11) is 0. The second-order valence-corrected chi connectivity index (χ2v) is 8.08. The van der Waals surface area contributed by atoms with Gasteiger partial charge in [-0.2, -0.15) is 36.0 Å². The first-order valence-corrected chi connectivity index (χ1v) is 10.4. The van der Waals surface area contributed by atoms with Gasteiger partial charge in [-0.25, -0.2) is 0 Å². The van der Waals surface area contributed by atoms with Crippen molar-refractivity contribution in [3.63, 3.8) is 0 Å². The molecule has 0 unspecified atom stereocenters. The molecule has 0 atom stereocenters. The van der Waals surface area contributed by atoms with Gasteiger partial charge in [-0.05, 0) is 23.1 Å². The van der Waals surface area contributed by atoms with Gasteiger partial charge in [0.25, 0.3) is 5.56 Å². The number of aromatic nitrogens is 3. The third kappa shape index (κ3) is 4.83. The number of halogens is 6. The molecule has 3 heterocycles. The highest BCUT2D eigenvalue weighted by atomic mass is 32.1. The molecule has 4 aromatic rings. The van der Waals surface area contributed by atoms with Crippen LogP contribution >= 0.6 is 11.3 Å². The Balaban J connectivity index is 1.59. The lowest BCUT2D eigenvalue weighted by Gasteiger charge is -2.09. The molecule has 0 aliphatic rings. The van der Waals surface area contributed by atoms with E-state index in [-0.39, 0.29) is 27.3 Å². The molecule has 1 N–H and O–H groups in total. The van der Waals surface area contributed by atoms with Gasteiger partial charge in [0, 0.05) is 10.9 Å². The number of fused-ring (bicyclic) bond motifs is 1. The summed E-state index contributed by atoms with van der Waals surface area (Å²) >= 11 is 1.02. The Morgan fingerprint density at radius 2 is 1.82 bits per heavy atom. The third-order valence-corrected chi connectivity index (χ3v) is 5.59. The molecule has 0 bridgehead atoms. The molecule has 0 aliphatic carbocycles. The number of thiophene rings is 1. The Bertz CT molecular complexity index is 1400. The summed E-state index contributed by atoms with van der Waals surface area (Å²) in [4.78, 5) is 27.4. The number of nitrogens with zero attached hydrogens (tertiary/aromatic N) is 2. The summed E-state index contributed by atoms with van der Waals surface area (Å²) < 4.78 is 84.7. The highest BCUT2D eigenvalue weighted by Gasteiger charge is 2.39. The Kier molecular flexibility index (Phi) is 5.98. The Morgan fingerprint density at radius 1 is 1.06 bits per heavy atom. The van der Waals surface area contributed by atoms with E-state index in [9.17, 15) is 35.9 Å². The quantitative estimate of drug-likeness (QED) is 0.306. The number of carbonyl (C=O) groups is 1. The van der Waals surface area contributed by atoms with Crippen molar-refractivity contribution < 1.29 is 35.9 Å². The zero-order valence-electron chi connectivity index (χ0n) is 16.8. The Labute approximate surface area is 190 Å². The molecule has 13 heteroatoms. The SMILES string of the molecule is O=C(Cc1cccc(C(F)(F)F)c1)OCc1cc(=O)n2nc(C(F)(F)F)c(-c3cccs3)c2[nH]1. The summed E-state index contributed by atoms with van der Waals surface area (Å²) in [5.41, 5.74) is -3.55. The van der Waals surface area contributed by atoms with Crippen LogP contribution in [0.1, 0.15) is 22.5 Å². The number of carbonyl (C=O) groups excluding carboxylic acids is 1. The molecule has 0 fully saturated rings. The summed E-state index contributed by atoms with van der Waals surface area (Å²) in [5, 5.41) is 4.98. The number of benzene rings is 1. The number of ether oxygens (including phenoxy) is 1. The Hall–Kier alpha value is -3.61. The average molecular weight is 501 g/mol. The van der Waals surface area contributed by atoms with Crippen LogP contribution in [0.5, 0.6) is 0 Å². The molecule has 1 aromatic carbocycles. The number of hydrogen-bond donors (Lipinski definition) is 1. The van der Waals surface area contributed by atoms with Crippen molar-refractivity contribution in [2.24, 2.45) is 0 Å². The maximum absolute atomic E-state index is 13.5. The number of nitrogens with one attached hydrogen (secondary N) is 1. The van der Waals surface area contributed by atoms with Crippen molar-refractivity contribution in [3.05, 3.63) is 80.7 Å². The number of hydrogen-bond acceptors (Lipinski definition) is 5. The predicted octanol–water partition coefficient (Wildman–Crippen LogP) is 5.07. The lowest BCUT2D eigenvalue weighted by Crippen LogP contribution is -2.18. The molecule has 0 amide bonds. The number of aromatic amines is 1. The van der Waals surface area contributed by atoms with Crippen LogP contribution in [0, 0.1) is 0 Å². The topological polar surface area (TPSA) is 76.5 Å². The monoisotopic (exact) mass is 501 g/mol. The number of H-pyrrole nitrogens is 1. The van der Waals surface area contributed by atoms with Crippen LogP contribution in [0.15, 0.2) is 52.6 Å². The first-order valence-electron chi connectivity index (χ1n) is 9.51. The summed E-state index contributed by atoms with van der Waals surface area (Å²) in [6.07, 6.45) is -9.87. The minimum absolute atomic E-state index is 0.0127. The number of alkyl halides is 6. The van der Waals surface area contributed by atoms with Crippen LogP contribution in [0.2, 0.25) is 0 Å². The second-order valence-electron chi connectivity index (χ2n) is 7.13. The zero-order chi connectivity index (χ0) is 24.7. The summed E-state index contributed by atoms with van der Waals surface area (Å²) in [5.74, 6) is -0.886. The second kappa shape index (κ2) is 8.63. The van der Waals surface area contributed by atoms with E-state index in [0.717, 1.165) is 35.6 Å². The maximum atomic E-state index is 13.5. The van der Waals surface area contributed by atoms with Crippen LogP contribution in [0.4, 0.5) is 26.3 Å². The van der Waals surface area contributed by atoms with Crippen molar-refractivity contribution in [1.29, 1.82) is 0 Å². The molecule has 178 valence electrons. The van der Waals surface area contributed by atoms with Gasteiger partial charge in [0.15, 0.2) is 5.69 Å². The molecule has 3 aromatic heterocycles. The molecule has 0 spiro atoms. The molecule has 0 aliphatic heterocycles. The number of rotatable bonds is 5. The van der Waals surface area contributed by atoms with E-state index in [1.165, 1.54) is 12.1 Å². The molecular formula is C21H13F6N3O3S. The van der Waals surface area contributed by atoms with Crippen molar-refractivity contribution >= 4 is 23.0 Å². The fraction of sp³-hybridized carbons (Fsp3) is 0.190. The van der Waals surface area contributed by atoms with Gasteiger partial charge in [-0.15, -0.1) is 11.3 Å². The molecule has 6 nitrogen and oxygen atoms in total. The van der Waals surface area contributed by atoms with E-state index < -0.39 is 48.2 Å². The van der Waals surface area contributed by atoms with Crippen molar-refractivity contribution in [2.75, 3.05) is 0 Å². The first kappa shape index (κ1) is 23.5. The fourth-order valence-corrected chi connectivity index (χ4v) is 4.03. The van der Waals surface area contributed by atoms with E-state index in [1.54, 1.807) is 11.4 Å². The van der Waals surface area contributed by atoms with Crippen LogP contribution in [0.25, 0.3) is 16.1 Å². The van der Waals surface area contributed by atoms with Gasteiger partial charge < -0.3 is 9.72 Å². The van der Waals surface area contributed by atoms with Crippen molar-refractivity contribution in [1.82, 2.24) is 14.6 Å². The highest BCUT2D eigenvalue weighted by Crippen LogP contribution is 2.39. The van der Waals surface area contributed by atoms with Gasteiger partial charge in [-0.1, -0.05) is 24.3 Å². The van der Waals surface area contributed by atoms with E-state index in [1.807, 2.05) is 0 Å². The van der Waals surface area contributed by atoms with Crippen LogP contribution < -0.4 is 5.56 Å². The molecular weight excluding hydrogens is 488 g/mol. The van der Waals surface area contributed by atoms with Crippen LogP contribution in [-0.4, -0.2) is 20.6 Å². The van der Waals surface area contributed by atoms with Crippen molar-refractivity contribution in [3.8, 4) is 10.4 Å². The van der Waals surface area contributed by atoms with Gasteiger partial charge in [0.2, 0.25) is 0 Å². The lowest BCUT2D eigenvalue weighted by atomic mass is 10.1. The zero-order valence-corrected chi connectivity index (χ0v) is 17.6. The van der Waals surface area contributed by atoms with Gasteiger partial charge in [-0.3, -0.25) is 9.59 Å². The van der Waals surface area contributed by atoms with Gasteiger partial charge in [0.1, 0.15) is 12.3 Å². The van der Waals surface area contributed by atoms with E-state index >= 15 is 0 Å². The maximum Gasteiger partial charge on any atom is 0.435 e.